The average Bonchev–Trinajstić information content (AvgIpc) is 2.39. The summed E-state index contributed by atoms with van der Waals surface area (Å²) in [6.45, 7) is 4.80. The van der Waals surface area contributed by atoms with E-state index in [1.165, 1.54) is 32.1 Å². The quantitative estimate of drug-likeness (QED) is 0.685. The normalized spacial score (nSPS) is 19.8. The Kier molecular flexibility index (Phi) is 7.82. The second kappa shape index (κ2) is 8.90. The summed E-state index contributed by atoms with van der Waals surface area (Å²) in [6, 6.07) is 0.605. The monoisotopic (exact) mass is 243 g/mol. The molecule has 0 aromatic heterocycles. The number of hydrogen-bond acceptors (Lipinski definition) is 3. The zero-order chi connectivity index (χ0) is 12.5. The predicted molar refractivity (Wildman–Crippen MR) is 71.0 cm³/mol. The fraction of sp³-hybridized carbons (Fsp3) is 1.00. The van der Waals surface area contributed by atoms with Crippen LogP contribution in [0, 0.1) is 5.92 Å². The molecule has 2 N–H and O–H groups in total. The first-order valence-electron chi connectivity index (χ1n) is 7.25. The lowest BCUT2D eigenvalue weighted by Crippen LogP contribution is -2.41. The smallest absolute Gasteiger partial charge is 0.0443 e. The minimum absolute atomic E-state index is 0.271. The van der Waals surface area contributed by atoms with Gasteiger partial charge in [-0.15, -0.1) is 0 Å². The molecular weight excluding hydrogens is 214 g/mol. The van der Waals surface area contributed by atoms with Crippen LogP contribution < -0.4 is 0 Å². The maximum Gasteiger partial charge on any atom is 0.0443 e. The minimum atomic E-state index is 0.271. The van der Waals surface area contributed by atoms with Crippen molar-refractivity contribution in [3.05, 3.63) is 0 Å². The molecule has 0 spiro atoms. The van der Waals surface area contributed by atoms with E-state index in [1.807, 2.05) is 0 Å². The van der Waals surface area contributed by atoms with Gasteiger partial charge in [-0.2, -0.15) is 0 Å². The Hall–Kier alpha value is -0.120. The van der Waals surface area contributed by atoms with E-state index in [0.29, 0.717) is 6.04 Å². The van der Waals surface area contributed by atoms with Gasteiger partial charge in [0.25, 0.3) is 0 Å². The third-order valence-corrected chi connectivity index (χ3v) is 4.11. The summed E-state index contributed by atoms with van der Waals surface area (Å²) in [5, 5.41) is 17.9. The van der Waals surface area contributed by atoms with E-state index in [2.05, 4.69) is 11.8 Å². The fourth-order valence-corrected chi connectivity index (χ4v) is 2.98. The molecule has 1 atom stereocenters. The molecule has 1 aliphatic carbocycles. The second-order valence-electron chi connectivity index (χ2n) is 5.33. The van der Waals surface area contributed by atoms with Crippen LogP contribution in [0.4, 0.5) is 0 Å². The summed E-state index contributed by atoms with van der Waals surface area (Å²) >= 11 is 0. The highest BCUT2D eigenvalue weighted by atomic mass is 16.3. The lowest BCUT2D eigenvalue weighted by molar-refractivity contribution is 0.111. The van der Waals surface area contributed by atoms with Crippen molar-refractivity contribution in [1.82, 2.24) is 4.90 Å². The molecule has 0 heterocycles. The van der Waals surface area contributed by atoms with Gasteiger partial charge in [0.15, 0.2) is 0 Å². The molecular formula is C14H29NO2. The Bertz CT molecular complexity index is 173. The molecule has 3 nitrogen and oxygen atoms in total. The highest BCUT2D eigenvalue weighted by Gasteiger charge is 2.24. The lowest BCUT2D eigenvalue weighted by Gasteiger charge is -2.36. The van der Waals surface area contributed by atoms with E-state index in [9.17, 15) is 0 Å². The van der Waals surface area contributed by atoms with Gasteiger partial charge >= 0.3 is 0 Å². The molecule has 0 radical (unpaired) electrons. The van der Waals surface area contributed by atoms with Crippen molar-refractivity contribution in [1.29, 1.82) is 0 Å². The molecule has 1 rings (SSSR count). The van der Waals surface area contributed by atoms with Crippen LogP contribution in [-0.4, -0.2) is 47.5 Å². The van der Waals surface area contributed by atoms with Gasteiger partial charge in [-0.05, 0) is 38.5 Å². The Morgan fingerprint density at radius 1 is 1.00 bits per heavy atom. The molecule has 0 saturated heterocycles. The van der Waals surface area contributed by atoms with Crippen LogP contribution in [0.3, 0.4) is 0 Å². The van der Waals surface area contributed by atoms with Crippen LogP contribution in [0.2, 0.25) is 0 Å². The third-order valence-electron chi connectivity index (χ3n) is 4.11. The Balaban J connectivity index is 2.41. The topological polar surface area (TPSA) is 43.7 Å². The number of nitrogens with zero attached hydrogens (tertiary/aromatic N) is 1. The van der Waals surface area contributed by atoms with E-state index in [-0.39, 0.29) is 13.2 Å². The maximum atomic E-state index is 8.96. The zero-order valence-electron chi connectivity index (χ0n) is 11.3. The van der Waals surface area contributed by atoms with Gasteiger partial charge < -0.3 is 15.1 Å². The molecule has 1 fully saturated rings. The molecule has 0 aromatic carbocycles. The Morgan fingerprint density at radius 2 is 1.53 bits per heavy atom. The van der Waals surface area contributed by atoms with Crippen molar-refractivity contribution in [2.45, 2.75) is 57.9 Å². The van der Waals surface area contributed by atoms with Gasteiger partial charge in [-0.1, -0.05) is 19.3 Å². The Labute approximate surface area is 106 Å². The van der Waals surface area contributed by atoms with Crippen molar-refractivity contribution in [2.24, 2.45) is 5.92 Å². The molecule has 0 bridgehead atoms. The lowest BCUT2D eigenvalue weighted by atomic mass is 9.84. The highest BCUT2D eigenvalue weighted by molar-refractivity contribution is 4.78. The van der Waals surface area contributed by atoms with Crippen molar-refractivity contribution < 1.29 is 10.2 Å². The molecule has 1 saturated carbocycles. The van der Waals surface area contributed by atoms with Crippen LogP contribution >= 0.6 is 0 Å². The highest BCUT2D eigenvalue weighted by Crippen LogP contribution is 2.29. The zero-order valence-corrected chi connectivity index (χ0v) is 11.3. The van der Waals surface area contributed by atoms with Gasteiger partial charge in [-0.3, -0.25) is 0 Å². The standard InChI is InChI=1S/C14H29NO2/c1-13(14-7-3-2-4-8-14)15(9-5-11-16)10-6-12-17/h13-14,16-17H,2-12H2,1H3/t13-/m0/s1. The predicted octanol–water partition coefficient (Wildman–Crippen LogP) is 2.02. The molecule has 102 valence electrons. The van der Waals surface area contributed by atoms with Gasteiger partial charge in [0.2, 0.25) is 0 Å². The third kappa shape index (κ3) is 5.36. The van der Waals surface area contributed by atoms with E-state index in [0.717, 1.165) is 31.8 Å². The largest absolute Gasteiger partial charge is 0.396 e. The van der Waals surface area contributed by atoms with Crippen LogP contribution in [0.15, 0.2) is 0 Å². The molecule has 0 aromatic rings. The number of aliphatic hydroxyl groups excluding tert-OH is 2. The van der Waals surface area contributed by atoms with Crippen LogP contribution in [0.25, 0.3) is 0 Å². The first-order chi connectivity index (χ1) is 8.29. The first kappa shape index (κ1) is 14.9. The first-order valence-corrected chi connectivity index (χ1v) is 7.25. The minimum Gasteiger partial charge on any atom is -0.396 e. The van der Waals surface area contributed by atoms with Gasteiger partial charge in [-0.25, -0.2) is 0 Å². The average molecular weight is 243 g/mol. The van der Waals surface area contributed by atoms with Crippen LogP contribution in [-0.2, 0) is 0 Å². The van der Waals surface area contributed by atoms with E-state index < -0.39 is 0 Å². The van der Waals surface area contributed by atoms with E-state index >= 15 is 0 Å². The summed E-state index contributed by atoms with van der Waals surface area (Å²) < 4.78 is 0. The summed E-state index contributed by atoms with van der Waals surface area (Å²) in [5.41, 5.74) is 0. The SMILES string of the molecule is C[C@@H](C1CCCCC1)N(CCCO)CCCO. The number of hydrogen-bond donors (Lipinski definition) is 2. The van der Waals surface area contributed by atoms with Gasteiger partial charge in [0.05, 0.1) is 0 Å². The van der Waals surface area contributed by atoms with Gasteiger partial charge in [0, 0.05) is 32.3 Å². The molecule has 0 amide bonds. The fourth-order valence-electron chi connectivity index (χ4n) is 2.98. The van der Waals surface area contributed by atoms with Crippen molar-refractivity contribution in [3.63, 3.8) is 0 Å². The molecule has 3 heteroatoms. The summed E-state index contributed by atoms with van der Waals surface area (Å²) in [6.07, 6.45) is 8.57. The van der Waals surface area contributed by atoms with Crippen molar-refractivity contribution in [2.75, 3.05) is 26.3 Å². The summed E-state index contributed by atoms with van der Waals surface area (Å²) in [7, 11) is 0. The molecule has 17 heavy (non-hydrogen) atoms. The van der Waals surface area contributed by atoms with Gasteiger partial charge in [0.1, 0.15) is 0 Å². The van der Waals surface area contributed by atoms with Crippen LogP contribution in [0.1, 0.15) is 51.9 Å². The molecule has 0 unspecified atom stereocenters. The Morgan fingerprint density at radius 3 is 2.00 bits per heavy atom. The molecule has 0 aliphatic heterocycles. The maximum absolute atomic E-state index is 8.96. The number of rotatable bonds is 8. The molecule has 1 aliphatic rings. The second-order valence-corrected chi connectivity index (χ2v) is 5.33. The summed E-state index contributed by atoms with van der Waals surface area (Å²) in [5.74, 6) is 0.820. The van der Waals surface area contributed by atoms with E-state index in [4.69, 9.17) is 10.2 Å². The van der Waals surface area contributed by atoms with Crippen molar-refractivity contribution in [3.8, 4) is 0 Å². The summed E-state index contributed by atoms with van der Waals surface area (Å²) in [4.78, 5) is 2.46. The van der Waals surface area contributed by atoms with Crippen LogP contribution in [0.5, 0.6) is 0 Å². The van der Waals surface area contributed by atoms with Crippen molar-refractivity contribution >= 4 is 0 Å². The number of aliphatic hydroxyl groups is 2. The van der Waals surface area contributed by atoms with E-state index in [1.54, 1.807) is 0 Å².